The lowest BCUT2D eigenvalue weighted by Crippen LogP contribution is -2.10. The van der Waals surface area contributed by atoms with E-state index in [-0.39, 0.29) is 10.9 Å². The first kappa shape index (κ1) is 14.4. The summed E-state index contributed by atoms with van der Waals surface area (Å²) < 4.78 is 14.4. The fraction of sp³-hybridized carbons (Fsp3) is 0.143. The quantitative estimate of drug-likeness (QED) is 0.711. The zero-order valence-electron chi connectivity index (χ0n) is 11.2. The minimum atomic E-state index is -0.422. The fourth-order valence-electron chi connectivity index (χ4n) is 1.90. The van der Waals surface area contributed by atoms with Crippen LogP contribution < -0.4 is 5.32 Å². The molecule has 21 heavy (non-hydrogen) atoms. The van der Waals surface area contributed by atoms with Crippen molar-refractivity contribution in [1.82, 2.24) is 4.98 Å². The van der Waals surface area contributed by atoms with Crippen molar-refractivity contribution in [2.45, 2.75) is 13.8 Å². The second kappa shape index (κ2) is 5.36. The van der Waals surface area contributed by atoms with Crippen molar-refractivity contribution in [2.75, 3.05) is 5.32 Å². The van der Waals surface area contributed by atoms with Gasteiger partial charge in [-0.15, -0.1) is 22.7 Å². The molecule has 0 unspecified atom stereocenters. The fourth-order valence-corrected chi connectivity index (χ4v) is 4.16. The van der Waals surface area contributed by atoms with E-state index in [4.69, 9.17) is 11.6 Å². The Morgan fingerprint density at radius 2 is 2.10 bits per heavy atom. The number of rotatable bonds is 2. The molecular weight excluding hydrogens is 331 g/mol. The van der Waals surface area contributed by atoms with Crippen LogP contribution in [0, 0.1) is 19.7 Å². The van der Waals surface area contributed by atoms with Gasteiger partial charge in [-0.1, -0.05) is 17.7 Å². The van der Waals surface area contributed by atoms with Crippen molar-refractivity contribution in [3.63, 3.8) is 0 Å². The molecule has 1 aromatic carbocycles. The van der Waals surface area contributed by atoms with E-state index in [0.717, 1.165) is 10.6 Å². The molecule has 1 N–H and O–H groups in total. The van der Waals surface area contributed by atoms with Crippen molar-refractivity contribution in [3.05, 3.63) is 44.5 Å². The maximum Gasteiger partial charge on any atom is 0.269 e. The first-order chi connectivity index (χ1) is 9.97. The zero-order valence-corrected chi connectivity index (χ0v) is 13.5. The molecule has 3 aromatic rings. The van der Waals surface area contributed by atoms with Gasteiger partial charge in [-0.05, 0) is 26.0 Å². The molecule has 0 aliphatic carbocycles. The van der Waals surface area contributed by atoms with Crippen LogP contribution in [0.2, 0.25) is 5.02 Å². The highest BCUT2D eigenvalue weighted by Crippen LogP contribution is 2.37. The number of aryl methyl sites for hydroxylation is 2. The van der Waals surface area contributed by atoms with Crippen molar-refractivity contribution < 1.29 is 9.18 Å². The third kappa shape index (κ3) is 2.54. The number of hydrogen-bond donors (Lipinski definition) is 1. The van der Waals surface area contributed by atoms with Crippen molar-refractivity contribution in [2.24, 2.45) is 0 Å². The summed E-state index contributed by atoms with van der Waals surface area (Å²) in [5.74, 6) is -0.789. The van der Waals surface area contributed by atoms with Crippen LogP contribution in [0.3, 0.4) is 0 Å². The molecule has 0 saturated heterocycles. The summed E-state index contributed by atoms with van der Waals surface area (Å²) >= 11 is 8.72. The number of fused-ring (bicyclic) bond motifs is 1. The highest BCUT2D eigenvalue weighted by Gasteiger charge is 2.20. The number of thiazole rings is 1. The topological polar surface area (TPSA) is 42.0 Å². The number of benzene rings is 1. The van der Waals surface area contributed by atoms with Crippen LogP contribution in [0.15, 0.2) is 18.2 Å². The van der Waals surface area contributed by atoms with E-state index in [9.17, 15) is 9.18 Å². The number of carbonyl (C=O) groups is 1. The Kier molecular flexibility index (Phi) is 3.69. The monoisotopic (exact) mass is 340 g/mol. The van der Waals surface area contributed by atoms with Crippen LogP contribution in [0.1, 0.15) is 20.2 Å². The molecular formula is C14H10ClFN2OS2. The van der Waals surface area contributed by atoms with E-state index in [1.54, 1.807) is 12.1 Å². The lowest BCUT2D eigenvalue weighted by Gasteiger charge is -1.99. The Hall–Kier alpha value is -1.50. The average molecular weight is 341 g/mol. The molecule has 0 aliphatic rings. The highest BCUT2D eigenvalue weighted by molar-refractivity contribution is 7.22. The largest absolute Gasteiger partial charge is 0.297 e. The van der Waals surface area contributed by atoms with Crippen LogP contribution in [-0.4, -0.2) is 10.9 Å². The molecule has 0 atom stereocenters. The van der Waals surface area contributed by atoms with Gasteiger partial charge in [0.1, 0.15) is 10.7 Å². The number of halogens is 2. The Morgan fingerprint density at radius 1 is 1.33 bits per heavy atom. The van der Waals surface area contributed by atoms with Gasteiger partial charge in [0.05, 0.1) is 10.7 Å². The summed E-state index contributed by atoms with van der Waals surface area (Å²) in [7, 11) is 0. The lowest BCUT2D eigenvalue weighted by molar-refractivity contribution is 0.103. The first-order valence-corrected chi connectivity index (χ1v) is 8.10. The Bertz CT molecular complexity index is 837. The van der Waals surface area contributed by atoms with Crippen molar-refractivity contribution in [1.29, 1.82) is 0 Å². The van der Waals surface area contributed by atoms with Gasteiger partial charge >= 0.3 is 0 Å². The van der Waals surface area contributed by atoms with E-state index in [2.05, 4.69) is 10.3 Å². The third-order valence-corrected chi connectivity index (χ3v) is 5.69. The molecule has 0 aliphatic heterocycles. The van der Waals surface area contributed by atoms with Gasteiger partial charge in [0.2, 0.25) is 0 Å². The van der Waals surface area contributed by atoms with Gasteiger partial charge in [0.15, 0.2) is 5.13 Å². The maximum absolute atomic E-state index is 13.8. The molecule has 0 spiro atoms. The normalized spacial score (nSPS) is 11.0. The number of amides is 1. The number of anilines is 1. The van der Waals surface area contributed by atoms with Crippen LogP contribution in [-0.2, 0) is 0 Å². The molecule has 0 bridgehead atoms. The molecule has 1 amide bonds. The van der Waals surface area contributed by atoms with E-state index in [1.807, 2.05) is 13.8 Å². The van der Waals surface area contributed by atoms with Gasteiger partial charge in [-0.2, -0.15) is 0 Å². The average Bonchev–Trinajstić information content (AvgIpc) is 2.92. The second-order valence-electron chi connectivity index (χ2n) is 4.47. The molecule has 0 saturated carbocycles. The van der Waals surface area contributed by atoms with E-state index in [1.165, 1.54) is 28.7 Å². The van der Waals surface area contributed by atoms with E-state index in [0.29, 0.717) is 20.1 Å². The van der Waals surface area contributed by atoms with Gasteiger partial charge in [-0.3, -0.25) is 10.1 Å². The summed E-state index contributed by atoms with van der Waals surface area (Å²) in [4.78, 5) is 17.9. The number of thiophene rings is 1. The van der Waals surface area contributed by atoms with Crippen LogP contribution in [0.5, 0.6) is 0 Å². The maximum atomic E-state index is 13.8. The summed E-state index contributed by atoms with van der Waals surface area (Å²) in [5.41, 5.74) is 0.879. The molecule has 0 radical (unpaired) electrons. The minimum Gasteiger partial charge on any atom is -0.297 e. The number of aromatic nitrogens is 1. The van der Waals surface area contributed by atoms with Crippen molar-refractivity contribution >= 4 is 55.4 Å². The van der Waals surface area contributed by atoms with Crippen molar-refractivity contribution in [3.8, 4) is 0 Å². The minimum absolute atomic E-state index is 0.149. The molecule has 108 valence electrons. The lowest BCUT2D eigenvalue weighted by atomic mass is 10.2. The molecule has 2 heterocycles. The number of nitrogens with one attached hydrogen (secondary N) is 1. The molecule has 3 rings (SSSR count). The van der Waals surface area contributed by atoms with Crippen LogP contribution in [0.4, 0.5) is 9.52 Å². The van der Waals surface area contributed by atoms with E-state index < -0.39 is 5.82 Å². The Labute approximate surface area is 133 Å². The molecule has 2 aromatic heterocycles. The standard InChI is InChI=1S/C14H10ClFN2OS2/c1-6-7(2)20-14(17-6)18-13(19)12-11(15)10-8(16)4-3-5-9(10)21-12/h3-5H,1-2H3,(H,17,18,19). The van der Waals surface area contributed by atoms with Gasteiger partial charge in [0, 0.05) is 15.0 Å². The molecule has 0 fully saturated rings. The van der Waals surface area contributed by atoms with Gasteiger partial charge < -0.3 is 0 Å². The second-order valence-corrected chi connectivity index (χ2v) is 7.11. The molecule has 3 nitrogen and oxygen atoms in total. The SMILES string of the molecule is Cc1nc(NC(=O)c2sc3cccc(F)c3c2Cl)sc1C. The number of hydrogen-bond acceptors (Lipinski definition) is 4. The van der Waals surface area contributed by atoms with Gasteiger partial charge in [-0.25, -0.2) is 9.37 Å². The van der Waals surface area contributed by atoms with Gasteiger partial charge in [0.25, 0.3) is 5.91 Å². The summed E-state index contributed by atoms with van der Waals surface area (Å²) in [6, 6.07) is 4.67. The predicted octanol–water partition coefficient (Wildman–Crippen LogP) is 5.02. The highest BCUT2D eigenvalue weighted by atomic mass is 35.5. The third-order valence-electron chi connectivity index (χ3n) is 3.06. The number of nitrogens with zero attached hydrogens (tertiary/aromatic N) is 1. The smallest absolute Gasteiger partial charge is 0.269 e. The zero-order chi connectivity index (χ0) is 15.1. The van der Waals surface area contributed by atoms with Crippen LogP contribution >= 0.6 is 34.3 Å². The van der Waals surface area contributed by atoms with E-state index >= 15 is 0 Å². The summed E-state index contributed by atoms with van der Waals surface area (Å²) in [6.45, 7) is 3.81. The molecule has 7 heteroatoms. The Balaban J connectivity index is 1.98. The number of carbonyl (C=O) groups excluding carboxylic acids is 1. The predicted molar refractivity (Wildman–Crippen MR) is 86.3 cm³/mol. The first-order valence-electron chi connectivity index (χ1n) is 6.09. The van der Waals surface area contributed by atoms with Crippen LogP contribution in [0.25, 0.3) is 10.1 Å². The summed E-state index contributed by atoms with van der Waals surface area (Å²) in [6.07, 6.45) is 0. The summed E-state index contributed by atoms with van der Waals surface area (Å²) in [5, 5.41) is 3.67. The Morgan fingerprint density at radius 3 is 2.71 bits per heavy atom.